The smallest absolute Gasteiger partial charge is 0.0849 e. The molecule has 4 unspecified atom stereocenters. The molecule has 3 aliphatic rings. The number of hydrogen-bond donors (Lipinski definition) is 5. The Labute approximate surface area is 225 Å². The van der Waals surface area contributed by atoms with Gasteiger partial charge in [0.1, 0.15) is 0 Å². The largest absolute Gasteiger partial charge is 0.393 e. The van der Waals surface area contributed by atoms with Crippen molar-refractivity contribution in [1.82, 2.24) is 0 Å². The Morgan fingerprint density at radius 3 is 2.41 bits per heavy atom. The molecular formula is C32H54O5. The van der Waals surface area contributed by atoms with Gasteiger partial charge in [0.25, 0.3) is 0 Å². The fourth-order valence-corrected chi connectivity index (χ4v) is 7.59. The van der Waals surface area contributed by atoms with E-state index < -0.39 is 29.5 Å². The van der Waals surface area contributed by atoms with E-state index in [9.17, 15) is 25.5 Å². The summed E-state index contributed by atoms with van der Waals surface area (Å²) in [4.78, 5) is 0. The van der Waals surface area contributed by atoms with Crippen LogP contribution in [0.4, 0.5) is 0 Å². The number of rotatable bonds is 10. The first-order valence-electron chi connectivity index (χ1n) is 14.7. The van der Waals surface area contributed by atoms with Crippen LogP contribution in [-0.2, 0) is 0 Å². The molecule has 0 amide bonds. The van der Waals surface area contributed by atoms with Gasteiger partial charge in [-0.25, -0.2) is 0 Å². The van der Waals surface area contributed by atoms with Crippen LogP contribution in [0.3, 0.4) is 0 Å². The van der Waals surface area contributed by atoms with E-state index in [0.717, 1.165) is 49.7 Å². The van der Waals surface area contributed by atoms with Crippen molar-refractivity contribution >= 4 is 0 Å². The average Bonchev–Trinajstić information content (AvgIpc) is 3.13. The maximum absolute atomic E-state index is 10.6. The van der Waals surface area contributed by atoms with Crippen LogP contribution in [0.2, 0.25) is 0 Å². The van der Waals surface area contributed by atoms with Crippen molar-refractivity contribution in [2.45, 2.75) is 141 Å². The van der Waals surface area contributed by atoms with E-state index in [-0.39, 0.29) is 5.41 Å². The SMILES string of the molecule is C=C1C(=CC=C2CCC[C@@]3(C)C2CC[C@@H]3C(CCCC(C)(C)O)CCC(O)C(C)(C)O)CC(O)C[C@@H]1O. The molecule has 0 spiro atoms. The van der Waals surface area contributed by atoms with Gasteiger partial charge in [0.15, 0.2) is 0 Å². The molecule has 0 radical (unpaired) electrons. The van der Waals surface area contributed by atoms with Crippen LogP contribution in [0, 0.1) is 23.2 Å². The number of fused-ring (bicyclic) bond motifs is 1. The summed E-state index contributed by atoms with van der Waals surface area (Å²) in [5.41, 5.74) is 1.62. The second-order valence-corrected chi connectivity index (χ2v) is 13.9. The van der Waals surface area contributed by atoms with E-state index in [2.05, 4.69) is 25.7 Å². The molecule has 5 nitrogen and oxygen atoms in total. The first kappa shape index (κ1) is 30.6. The summed E-state index contributed by atoms with van der Waals surface area (Å²) >= 11 is 0. The van der Waals surface area contributed by atoms with Gasteiger partial charge in [-0.05, 0) is 120 Å². The maximum Gasteiger partial charge on any atom is 0.0849 e. The molecule has 3 fully saturated rings. The number of aliphatic hydroxyl groups excluding tert-OH is 3. The van der Waals surface area contributed by atoms with Gasteiger partial charge in [0.05, 0.1) is 29.5 Å². The van der Waals surface area contributed by atoms with Crippen molar-refractivity contribution in [3.05, 3.63) is 35.5 Å². The third-order valence-corrected chi connectivity index (χ3v) is 9.86. The van der Waals surface area contributed by atoms with Crippen molar-refractivity contribution in [3.8, 4) is 0 Å². The van der Waals surface area contributed by atoms with Crippen molar-refractivity contribution in [2.24, 2.45) is 23.2 Å². The van der Waals surface area contributed by atoms with Crippen molar-refractivity contribution < 1.29 is 25.5 Å². The Balaban J connectivity index is 1.79. The molecule has 3 rings (SSSR count). The summed E-state index contributed by atoms with van der Waals surface area (Å²) < 4.78 is 0. The highest BCUT2D eigenvalue weighted by Crippen LogP contribution is 2.60. The summed E-state index contributed by atoms with van der Waals surface area (Å²) in [6.07, 6.45) is 13.4. The minimum absolute atomic E-state index is 0.199. The second-order valence-electron chi connectivity index (χ2n) is 13.9. The predicted molar refractivity (Wildman–Crippen MR) is 150 cm³/mol. The Hall–Kier alpha value is -0.980. The van der Waals surface area contributed by atoms with Crippen molar-refractivity contribution in [2.75, 3.05) is 0 Å². The van der Waals surface area contributed by atoms with Crippen LogP contribution in [0.25, 0.3) is 0 Å². The van der Waals surface area contributed by atoms with Gasteiger partial charge in [-0.2, -0.15) is 0 Å². The fourth-order valence-electron chi connectivity index (χ4n) is 7.59. The van der Waals surface area contributed by atoms with E-state index in [0.29, 0.717) is 37.0 Å². The lowest BCUT2D eigenvalue weighted by Gasteiger charge is -2.45. The molecule has 3 aliphatic carbocycles. The first-order chi connectivity index (χ1) is 17.1. The zero-order valence-electron chi connectivity index (χ0n) is 24.0. The van der Waals surface area contributed by atoms with Crippen LogP contribution >= 0.6 is 0 Å². The molecule has 0 heterocycles. The number of allylic oxidation sites excluding steroid dienone is 3. The third kappa shape index (κ3) is 7.79. The van der Waals surface area contributed by atoms with Crippen molar-refractivity contribution in [3.63, 3.8) is 0 Å². The van der Waals surface area contributed by atoms with Gasteiger partial charge < -0.3 is 25.5 Å². The molecular weight excluding hydrogens is 464 g/mol. The third-order valence-electron chi connectivity index (χ3n) is 9.86. The molecule has 0 saturated heterocycles. The highest BCUT2D eigenvalue weighted by molar-refractivity contribution is 5.38. The van der Waals surface area contributed by atoms with Gasteiger partial charge in [0.2, 0.25) is 0 Å². The van der Waals surface area contributed by atoms with E-state index in [1.807, 2.05) is 13.8 Å². The molecule has 0 aromatic rings. The highest BCUT2D eigenvalue weighted by Gasteiger charge is 2.51. The van der Waals surface area contributed by atoms with E-state index in [4.69, 9.17) is 0 Å². The molecule has 0 aromatic carbocycles. The quantitative estimate of drug-likeness (QED) is 0.259. The molecule has 7 atom stereocenters. The van der Waals surface area contributed by atoms with Crippen LogP contribution in [0.1, 0.15) is 112 Å². The fraction of sp³-hybridized carbons (Fsp3) is 0.812. The Bertz CT molecular complexity index is 844. The van der Waals surface area contributed by atoms with Crippen LogP contribution in [0.15, 0.2) is 35.5 Å². The van der Waals surface area contributed by atoms with Gasteiger partial charge in [0, 0.05) is 6.42 Å². The first-order valence-corrected chi connectivity index (χ1v) is 14.7. The van der Waals surface area contributed by atoms with E-state index in [1.165, 1.54) is 24.8 Å². The van der Waals surface area contributed by atoms with Crippen LogP contribution in [0.5, 0.6) is 0 Å². The minimum Gasteiger partial charge on any atom is -0.393 e. The summed E-state index contributed by atoms with van der Waals surface area (Å²) in [7, 11) is 0. The van der Waals surface area contributed by atoms with Gasteiger partial charge >= 0.3 is 0 Å². The van der Waals surface area contributed by atoms with E-state index in [1.54, 1.807) is 13.8 Å². The Morgan fingerprint density at radius 1 is 1.05 bits per heavy atom. The van der Waals surface area contributed by atoms with Crippen molar-refractivity contribution in [1.29, 1.82) is 0 Å². The molecule has 0 aliphatic heterocycles. The molecule has 3 saturated carbocycles. The van der Waals surface area contributed by atoms with E-state index >= 15 is 0 Å². The number of aliphatic hydroxyl groups is 5. The molecule has 5 N–H and O–H groups in total. The van der Waals surface area contributed by atoms with Crippen LogP contribution < -0.4 is 0 Å². The lowest BCUT2D eigenvalue weighted by atomic mass is 9.60. The molecule has 212 valence electrons. The molecule has 0 bridgehead atoms. The number of hydrogen-bond acceptors (Lipinski definition) is 5. The van der Waals surface area contributed by atoms with Gasteiger partial charge in [-0.15, -0.1) is 0 Å². The second kappa shape index (κ2) is 12.0. The van der Waals surface area contributed by atoms with Gasteiger partial charge in [-0.3, -0.25) is 0 Å². The lowest BCUT2D eigenvalue weighted by Crippen LogP contribution is -2.39. The average molecular weight is 519 g/mol. The summed E-state index contributed by atoms with van der Waals surface area (Å²) in [6, 6.07) is 0. The Kier molecular flexibility index (Phi) is 9.94. The summed E-state index contributed by atoms with van der Waals surface area (Å²) in [5.74, 6) is 1.53. The predicted octanol–water partition coefficient (Wildman–Crippen LogP) is 5.60. The molecule has 0 aromatic heterocycles. The minimum atomic E-state index is -1.10. The zero-order chi connectivity index (χ0) is 27.6. The topological polar surface area (TPSA) is 101 Å². The molecule has 5 heteroatoms. The lowest BCUT2D eigenvalue weighted by molar-refractivity contribution is -0.0563. The van der Waals surface area contributed by atoms with Gasteiger partial charge in [-0.1, -0.05) is 44.1 Å². The maximum atomic E-state index is 10.6. The zero-order valence-corrected chi connectivity index (χ0v) is 24.0. The molecule has 37 heavy (non-hydrogen) atoms. The summed E-state index contributed by atoms with van der Waals surface area (Å²) in [6.45, 7) is 13.7. The standard InChI is InChI=1S/C32H54O5/c1-21-24(19-25(33)20-28(21)34)12-11-22-10-8-18-32(6)26(22)14-15-27(32)23(9-7-17-30(2,3)36)13-16-29(35)31(4,5)37/h11-12,23,25-29,33-37H,1,7-10,13-20H2,2-6H3/t23?,25?,26?,27-,28+,29?,32+/m1/s1. The van der Waals surface area contributed by atoms with Crippen LogP contribution in [-0.4, -0.2) is 55.0 Å². The Morgan fingerprint density at radius 2 is 1.76 bits per heavy atom. The normalized spacial score (nSPS) is 35.1. The highest BCUT2D eigenvalue weighted by atomic mass is 16.3. The summed E-state index contributed by atoms with van der Waals surface area (Å²) in [5, 5.41) is 51.5. The monoisotopic (exact) mass is 518 g/mol.